The zero-order chi connectivity index (χ0) is 22.6. The molecule has 0 saturated heterocycles. The molecular formula is C20H18Cl3N5OS2. The number of anilines is 1. The number of thiocarbonyl (C=S) groups is 1. The second-order valence-electron chi connectivity index (χ2n) is 6.64. The largest absolute Gasteiger partial charge is 0.339 e. The minimum atomic E-state index is -1.86. The van der Waals surface area contributed by atoms with Crippen LogP contribution in [0, 0.1) is 13.8 Å². The molecule has 162 valence electrons. The monoisotopic (exact) mass is 513 g/mol. The summed E-state index contributed by atoms with van der Waals surface area (Å²) in [6.45, 7) is 3.87. The molecule has 0 bridgehead atoms. The fourth-order valence-electron chi connectivity index (χ4n) is 2.50. The van der Waals surface area contributed by atoms with Crippen LogP contribution in [0.4, 0.5) is 5.13 Å². The molecule has 11 heteroatoms. The van der Waals surface area contributed by atoms with E-state index in [2.05, 4.69) is 25.9 Å². The van der Waals surface area contributed by atoms with Crippen molar-refractivity contribution in [2.75, 3.05) is 5.32 Å². The highest BCUT2D eigenvalue weighted by Crippen LogP contribution is 2.30. The summed E-state index contributed by atoms with van der Waals surface area (Å²) >= 11 is 24.8. The fourth-order valence-corrected chi connectivity index (χ4v) is 3.95. The molecule has 6 nitrogen and oxygen atoms in total. The highest BCUT2D eigenvalue weighted by atomic mass is 35.6. The Labute approximate surface area is 204 Å². The quantitative estimate of drug-likeness (QED) is 0.190. The molecule has 1 unspecified atom stereocenters. The summed E-state index contributed by atoms with van der Waals surface area (Å²) in [5, 5.41) is 9.10. The lowest BCUT2D eigenvalue weighted by Gasteiger charge is -2.27. The minimum Gasteiger partial charge on any atom is -0.339 e. The van der Waals surface area contributed by atoms with E-state index >= 15 is 0 Å². The third-order valence-electron chi connectivity index (χ3n) is 4.01. The molecule has 0 aliphatic carbocycles. The van der Waals surface area contributed by atoms with Crippen molar-refractivity contribution in [3.05, 3.63) is 59.4 Å². The van der Waals surface area contributed by atoms with Gasteiger partial charge in [-0.25, -0.2) is 4.98 Å². The smallest absolute Gasteiger partial charge is 0.245 e. The van der Waals surface area contributed by atoms with E-state index in [1.54, 1.807) is 12.3 Å². The number of carbonyl (C=O) groups is 1. The van der Waals surface area contributed by atoms with Gasteiger partial charge in [-0.1, -0.05) is 58.3 Å². The van der Waals surface area contributed by atoms with Gasteiger partial charge in [-0.05, 0) is 61.5 Å². The number of nitrogens with zero attached hydrogens (tertiary/aromatic N) is 2. The van der Waals surface area contributed by atoms with Crippen LogP contribution in [0.15, 0.2) is 42.6 Å². The lowest BCUT2D eigenvalue weighted by Crippen LogP contribution is -2.55. The first kappa shape index (κ1) is 23.7. The summed E-state index contributed by atoms with van der Waals surface area (Å²) in [5.41, 5.74) is 3.62. The average molecular weight is 515 g/mol. The Hall–Kier alpha value is -1.97. The van der Waals surface area contributed by atoms with E-state index in [0.717, 1.165) is 27.0 Å². The van der Waals surface area contributed by atoms with E-state index in [1.807, 2.05) is 44.2 Å². The van der Waals surface area contributed by atoms with Gasteiger partial charge >= 0.3 is 0 Å². The first-order valence-corrected chi connectivity index (χ1v) is 11.4. The molecule has 1 amide bonds. The number of pyridine rings is 1. The van der Waals surface area contributed by atoms with Crippen molar-refractivity contribution >= 4 is 90.8 Å². The van der Waals surface area contributed by atoms with Crippen LogP contribution < -0.4 is 16.0 Å². The number of halogens is 3. The van der Waals surface area contributed by atoms with Crippen LogP contribution in [0.1, 0.15) is 16.8 Å². The second-order valence-corrected chi connectivity index (χ2v) is 10.4. The van der Waals surface area contributed by atoms with Gasteiger partial charge in [0.15, 0.2) is 10.2 Å². The number of benzene rings is 1. The molecule has 0 aliphatic heterocycles. The SMILES string of the molecule is Cc1ccc2sc(NC(=S)NC(NC(=O)/C=C/c3ccc(C)nc3)C(Cl)(Cl)Cl)nc2c1. The number of rotatable bonds is 5. The number of aryl methyl sites for hydroxylation is 2. The number of amides is 1. The van der Waals surface area contributed by atoms with Crippen molar-refractivity contribution in [3.8, 4) is 0 Å². The van der Waals surface area contributed by atoms with E-state index in [0.29, 0.717) is 5.13 Å². The van der Waals surface area contributed by atoms with E-state index in [9.17, 15) is 4.79 Å². The van der Waals surface area contributed by atoms with Crippen molar-refractivity contribution in [3.63, 3.8) is 0 Å². The summed E-state index contributed by atoms with van der Waals surface area (Å²) in [6.07, 6.45) is 3.51. The lowest BCUT2D eigenvalue weighted by molar-refractivity contribution is -0.117. The van der Waals surface area contributed by atoms with Crippen LogP contribution in [0.3, 0.4) is 0 Å². The van der Waals surface area contributed by atoms with Crippen molar-refractivity contribution in [1.29, 1.82) is 0 Å². The Balaban J connectivity index is 1.63. The van der Waals surface area contributed by atoms with Crippen LogP contribution in [-0.2, 0) is 4.79 Å². The molecule has 0 saturated carbocycles. The average Bonchev–Trinajstić information content (AvgIpc) is 3.07. The maximum Gasteiger partial charge on any atom is 0.245 e. The molecule has 2 heterocycles. The summed E-state index contributed by atoms with van der Waals surface area (Å²) < 4.78 is -0.844. The van der Waals surface area contributed by atoms with Crippen molar-refractivity contribution in [1.82, 2.24) is 20.6 Å². The van der Waals surface area contributed by atoms with Gasteiger partial charge in [0.05, 0.1) is 10.2 Å². The van der Waals surface area contributed by atoms with Gasteiger partial charge in [-0.2, -0.15) is 0 Å². The molecule has 0 aliphatic rings. The Kier molecular flexibility index (Phi) is 7.72. The first-order valence-electron chi connectivity index (χ1n) is 9.03. The standard InChI is InChI=1S/C20H18Cl3N5OS2/c1-11-3-7-15-14(9-11)25-19(31-15)28-18(30)27-17(20(21,22)23)26-16(29)8-6-13-5-4-12(2)24-10-13/h3-10,17H,1-2H3,(H,26,29)(H2,25,27,28,30)/b8-6+. The van der Waals surface area contributed by atoms with E-state index < -0.39 is 15.9 Å². The first-order chi connectivity index (χ1) is 14.6. The zero-order valence-electron chi connectivity index (χ0n) is 16.4. The van der Waals surface area contributed by atoms with Crippen molar-refractivity contribution < 1.29 is 4.79 Å². The second kappa shape index (κ2) is 10.1. The van der Waals surface area contributed by atoms with Crippen LogP contribution in [0.5, 0.6) is 0 Å². The summed E-state index contributed by atoms with van der Waals surface area (Å²) in [6, 6.07) is 9.67. The highest BCUT2D eigenvalue weighted by Gasteiger charge is 2.34. The van der Waals surface area contributed by atoms with Crippen LogP contribution in [0.2, 0.25) is 0 Å². The normalized spacial score (nSPS) is 12.7. The Morgan fingerprint density at radius 3 is 2.65 bits per heavy atom. The topological polar surface area (TPSA) is 78.9 Å². The fraction of sp³-hybridized carbons (Fsp3) is 0.200. The van der Waals surface area contributed by atoms with Crippen molar-refractivity contribution in [2.24, 2.45) is 0 Å². The number of hydrogen-bond donors (Lipinski definition) is 3. The molecule has 0 radical (unpaired) electrons. The van der Waals surface area contributed by atoms with Gasteiger partial charge < -0.3 is 16.0 Å². The maximum atomic E-state index is 12.3. The highest BCUT2D eigenvalue weighted by molar-refractivity contribution is 7.80. The van der Waals surface area contributed by atoms with Gasteiger partial charge in [0, 0.05) is 18.0 Å². The van der Waals surface area contributed by atoms with Gasteiger partial charge in [-0.3, -0.25) is 9.78 Å². The molecule has 3 rings (SSSR count). The van der Waals surface area contributed by atoms with Crippen LogP contribution >= 0.6 is 58.4 Å². The molecular weight excluding hydrogens is 497 g/mol. The maximum absolute atomic E-state index is 12.3. The van der Waals surface area contributed by atoms with Crippen LogP contribution in [0.25, 0.3) is 16.3 Å². The summed E-state index contributed by atoms with van der Waals surface area (Å²) in [4.78, 5) is 21.0. The molecule has 0 spiro atoms. The number of aromatic nitrogens is 2. The predicted octanol–water partition coefficient (Wildman–Crippen LogP) is 5.12. The van der Waals surface area contributed by atoms with Crippen molar-refractivity contribution in [2.45, 2.75) is 23.8 Å². The third-order valence-corrected chi connectivity index (χ3v) is 5.84. The Bertz CT molecular complexity index is 1130. The van der Waals surface area contributed by atoms with E-state index in [4.69, 9.17) is 47.0 Å². The van der Waals surface area contributed by atoms with E-state index in [-0.39, 0.29) is 5.11 Å². The number of nitrogens with one attached hydrogen (secondary N) is 3. The predicted molar refractivity (Wildman–Crippen MR) is 134 cm³/mol. The van der Waals surface area contributed by atoms with Gasteiger partial charge in [0.25, 0.3) is 0 Å². The zero-order valence-corrected chi connectivity index (χ0v) is 20.3. The number of hydrogen-bond acceptors (Lipinski definition) is 5. The van der Waals surface area contributed by atoms with Gasteiger partial charge in [0.1, 0.15) is 6.17 Å². The van der Waals surface area contributed by atoms with E-state index in [1.165, 1.54) is 17.4 Å². The Morgan fingerprint density at radius 2 is 1.97 bits per heavy atom. The molecule has 0 fully saturated rings. The van der Waals surface area contributed by atoms with Crippen LogP contribution in [-0.4, -0.2) is 30.9 Å². The molecule has 31 heavy (non-hydrogen) atoms. The number of thiazole rings is 1. The minimum absolute atomic E-state index is 0.152. The number of alkyl halides is 3. The van der Waals surface area contributed by atoms with Gasteiger partial charge in [-0.15, -0.1) is 0 Å². The number of fused-ring (bicyclic) bond motifs is 1. The lowest BCUT2D eigenvalue weighted by atomic mass is 10.2. The summed E-state index contributed by atoms with van der Waals surface area (Å²) in [7, 11) is 0. The van der Waals surface area contributed by atoms with Gasteiger partial charge in [0.2, 0.25) is 9.70 Å². The molecule has 2 aromatic heterocycles. The molecule has 1 atom stereocenters. The Morgan fingerprint density at radius 1 is 1.19 bits per heavy atom. The summed E-state index contributed by atoms with van der Waals surface area (Å²) in [5.74, 6) is -0.470. The molecule has 3 N–H and O–H groups in total. The molecule has 3 aromatic rings. The molecule has 1 aromatic carbocycles. The third kappa shape index (κ3) is 7.02. The number of carbonyl (C=O) groups excluding carboxylic acids is 1.